The number of nitrogens with one attached hydrogen (secondary N) is 1. The molecule has 0 aromatic heterocycles. The van der Waals surface area contributed by atoms with E-state index in [4.69, 9.17) is 21.1 Å². The van der Waals surface area contributed by atoms with Gasteiger partial charge in [0.15, 0.2) is 5.82 Å². The Bertz CT molecular complexity index is 553. The fourth-order valence-corrected chi connectivity index (χ4v) is 1.74. The largest absolute Gasteiger partial charge is 0.494 e. The van der Waals surface area contributed by atoms with Crippen molar-refractivity contribution in [2.45, 2.75) is 33.3 Å². The molecule has 116 valence electrons. The molecule has 0 heterocycles. The van der Waals surface area contributed by atoms with Crippen molar-refractivity contribution < 1.29 is 18.7 Å². The van der Waals surface area contributed by atoms with Crippen molar-refractivity contribution in [2.24, 2.45) is 0 Å². The number of amides is 1. The second kappa shape index (κ2) is 6.80. The first-order valence-corrected chi connectivity index (χ1v) is 6.83. The van der Waals surface area contributed by atoms with Gasteiger partial charge in [0.2, 0.25) is 0 Å². The summed E-state index contributed by atoms with van der Waals surface area (Å²) in [6.07, 6.45) is -0.708. The van der Waals surface area contributed by atoms with Gasteiger partial charge in [-0.1, -0.05) is 18.2 Å². The maximum atomic E-state index is 14.2. The van der Waals surface area contributed by atoms with Crippen molar-refractivity contribution in [1.82, 2.24) is 0 Å². The van der Waals surface area contributed by atoms with E-state index in [2.05, 4.69) is 11.9 Å². The number of hydrogen-bond donors (Lipinski definition) is 1. The average molecular weight is 316 g/mol. The van der Waals surface area contributed by atoms with Crippen molar-refractivity contribution in [3.05, 3.63) is 35.1 Å². The average Bonchev–Trinajstić information content (AvgIpc) is 2.33. The van der Waals surface area contributed by atoms with Crippen molar-refractivity contribution in [2.75, 3.05) is 11.9 Å². The Balaban J connectivity index is 2.95. The molecule has 1 amide bonds. The van der Waals surface area contributed by atoms with E-state index in [1.165, 1.54) is 12.1 Å². The molecule has 6 heteroatoms. The van der Waals surface area contributed by atoms with Crippen LogP contribution in [-0.2, 0) is 9.47 Å². The summed E-state index contributed by atoms with van der Waals surface area (Å²) in [4.78, 5) is 11.7. The van der Waals surface area contributed by atoms with E-state index in [1.54, 1.807) is 27.7 Å². The molecule has 0 saturated heterocycles. The van der Waals surface area contributed by atoms with Crippen LogP contribution in [0.2, 0.25) is 5.02 Å². The summed E-state index contributed by atoms with van der Waals surface area (Å²) in [5, 5.41) is 2.18. The lowest BCUT2D eigenvalue weighted by Crippen LogP contribution is -2.27. The molecule has 0 saturated carbocycles. The quantitative estimate of drug-likeness (QED) is 0.809. The highest BCUT2D eigenvalue weighted by molar-refractivity contribution is 6.34. The molecule has 21 heavy (non-hydrogen) atoms. The highest BCUT2D eigenvalue weighted by Crippen LogP contribution is 2.31. The topological polar surface area (TPSA) is 47.6 Å². The van der Waals surface area contributed by atoms with Gasteiger partial charge in [0.05, 0.1) is 17.9 Å². The summed E-state index contributed by atoms with van der Waals surface area (Å²) in [5.74, 6) is -0.524. The molecular formula is C15H19ClFNO3. The van der Waals surface area contributed by atoms with Crippen molar-refractivity contribution in [3.63, 3.8) is 0 Å². The van der Waals surface area contributed by atoms with Crippen LogP contribution >= 0.6 is 11.6 Å². The van der Waals surface area contributed by atoms with E-state index in [-0.39, 0.29) is 22.0 Å². The molecule has 0 unspecified atom stereocenters. The minimum absolute atomic E-state index is 0.122. The van der Waals surface area contributed by atoms with Gasteiger partial charge >= 0.3 is 6.09 Å². The number of benzene rings is 1. The molecular weight excluding hydrogens is 297 g/mol. The number of halogens is 2. The third kappa shape index (κ3) is 4.93. The van der Waals surface area contributed by atoms with Crippen LogP contribution in [0, 0.1) is 5.82 Å². The fraction of sp³-hybridized carbons (Fsp3) is 0.400. The predicted molar refractivity (Wildman–Crippen MR) is 81.9 cm³/mol. The lowest BCUT2D eigenvalue weighted by molar-refractivity contribution is 0.0636. The van der Waals surface area contributed by atoms with Gasteiger partial charge in [0.1, 0.15) is 16.4 Å². The Morgan fingerprint density at radius 3 is 2.57 bits per heavy atom. The molecule has 1 N–H and O–H groups in total. The highest BCUT2D eigenvalue weighted by atomic mass is 35.5. The molecule has 1 rings (SSSR count). The Kier molecular flexibility index (Phi) is 5.61. The minimum Gasteiger partial charge on any atom is -0.494 e. The van der Waals surface area contributed by atoms with Crippen molar-refractivity contribution in [1.29, 1.82) is 0 Å². The van der Waals surface area contributed by atoms with Crippen molar-refractivity contribution >= 4 is 29.1 Å². The van der Waals surface area contributed by atoms with Crippen LogP contribution < -0.4 is 5.32 Å². The van der Waals surface area contributed by atoms with Crippen LogP contribution in [0.4, 0.5) is 14.9 Å². The molecule has 4 nitrogen and oxygen atoms in total. The number of hydrogen-bond acceptors (Lipinski definition) is 3. The lowest BCUT2D eigenvalue weighted by atomic mass is 10.1. The maximum Gasteiger partial charge on any atom is 0.412 e. The van der Waals surface area contributed by atoms with E-state index < -0.39 is 17.5 Å². The number of rotatable bonds is 4. The Morgan fingerprint density at radius 1 is 1.43 bits per heavy atom. The van der Waals surface area contributed by atoms with E-state index in [0.29, 0.717) is 6.61 Å². The van der Waals surface area contributed by atoms with Crippen LogP contribution in [0.1, 0.15) is 33.3 Å². The second-order valence-corrected chi connectivity index (χ2v) is 5.65. The van der Waals surface area contributed by atoms with Gasteiger partial charge in [-0.05, 0) is 39.8 Å². The van der Waals surface area contributed by atoms with E-state index >= 15 is 0 Å². The molecule has 0 fully saturated rings. The lowest BCUT2D eigenvalue weighted by Gasteiger charge is -2.20. The molecule has 0 aliphatic rings. The van der Waals surface area contributed by atoms with Crippen molar-refractivity contribution in [3.8, 4) is 0 Å². The summed E-state index contributed by atoms with van der Waals surface area (Å²) in [7, 11) is 0. The zero-order valence-corrected chi connectivity index (χ0v) is 13.3. The van der Waals surface area contributed by atoms with Gasteiger partial charge in [-0.25, -0.2) is 9.18 Å². The van der Waals surface area contributed by atoms with Crippen LogP contribution in [0.3, 0.4) is 0 Å². The van der Waals surface area contributed by atoms with Gasteiger partial charge in [0, 0.05) is 0 Å². The van der Waals surface area contributed by atoms with Crippen LogP contribution in [0.15, 0.2) is 18.7 Å². The predicted octanol–water partition coefficient (Wildman–Crippen LogP) is 4.83. The number of anilines is 1. The second-order valence-electron chi connectivity index (χ2n) is 5.27. The first-order valence-electron chi connectivity index (χ1n) is 6.45. The maximum absolute atomic E-state index is 14.2. The first-order chi connectivity index (χ1) is 9.65. The van der Waals surface area contributed by atoms with Crippen LogP contribution in [0.5, 0.6) is 0 Å². The molecule has 0 radical (unpaired) electrons. The molecule has 0 aliphatic carbocycles. The van der Waals surface area contributed by atoms with E-state index in [0.717, 1.165) is 0 Å². The van der Waals surface area contributed by atoms with E-state index in [9.17, 15) is 9.18 Å². The Labute approximate surface area is 128 Å². The molecule has 0 atom stereocenters. The zero-order chi connectivity index (χ0) is 16.2. The van der Waals surface area contributed by atoms with Gasteiger partial charge in [-0.2, -0.15) is 0 Å². The smallest absolute Gasteiger partial charge is 0.412 e. The third-order valence-electron chi connectivity index (χ3n) is 2.34. The molecule has 1 aromatic rings. The van der Waals surface area contributed by atoms with Crippen LogP contribution in [0.25, 0.3) is 5.76 Å². The minimum atomic E-state index is -0.708. The summed E-state index contributed by atoms with van der Waals surface area (Å²) < 4.78 is 24.4. The van der Waals surface area contributed by atoms with E-state index in [1.807, 2.05) is 0 Å². The van der Waals surface area contributed by atoms with Gasteiger partial charge in [0.25, 0.3) is 0 Å². The normalized spacial score (nSPS) is 11.0. The molecule has 0 aliphatic heterocycles. The first kappa shape index (κ1) is 17.3. The summed E-state index contributed by atoms with van der Waals surface area (Å²) >= 11 is 5.92. The standard InChI is InChI=1S/C15H19ClFNO3/c1-6-20-9(2)10-7-8-11(12(16)13(10)17)18-14(19)21-15(3,4)5/h7-8H,2,6H2,1,3-5H3,(H,18,19). The Morgan fingerprint density at radius 2 is 2.05 bits per heavy atom. The molecule has 0 spiro atoms. The summed E-state index contributed by atoms with van der Waals surface area (Å²) in [6.45, 7) is 10.9. The number of carbonyl (C=O) groups is 1. The number of ether oxygens (including phenoxy) is 2. The zero-order valence-electron chi connectivity index (χ0n) is 12.5. The fourth-order valence-electron chi connectivity index (χ4n) is 1.53. The summed E-state index contributed by atoms with van der Waals surface area (Å²) in [5.41, 5.74) is -0.383. The highest BCUT2D eigenvalue weighted by Gasteiger charge is 2.19. The Hall–Kier alpha value is -1.75. The number of carbonyl (C=O) groups excluding carboxylic acids is 1. The van der Waals surface area contributed by atoms with Gasteiger partial charge in [-0.15, -0.1) is 0 Å². The third-order valence-corrected chi connectivity index (χ3v) is 2.71. The summed E-state index contributed by atoms with van der Waals surface area (Å²) in [6, 6.07) is 2.90. The van der Waals surface area contributed by atoms with Crippen LogP contribution in [-0.4, -0.2) is 18.3 Å². The monoisotopic (exact) mass is 315 g/mol. The van der Waals surface area contributed by atoms with Gasteiger partial charge in [-0.3, -0.25) is 5.32 Å². The molecule has 0 bridgehead atoms. The SMILES string of the molecule is C=C(OCC)c1ccc(NC(=O)OC(C)(C)C)c(Cl)c1F. The molecule has 1 aromatic carbocycles. The van der Waals surface area contributed by atoms with Gasteiger partial charge < -0.3 is 9.47 Å².